The summed E-state index contributed by atoms with van der Waals surface area (Å²) in [5.41, 5.74) is 2.86. The van der Waals surface area contributed by atoms with E-state index in [1.165, 1.54) is 6.07 Å². The highest BCUT2D eigenvalue weighted by atomic mass is 19.4. The summed E-state index contributed by atoms with van der Waals surface area (Å²) in [6.45, 7) is 3.57. The lowest BCUT2D eigenvalue weighted by Gasteiger charge is -2.30. The van der Waals surface area contributed by atoms with E-state index in [-0.39, 0.29) is 11.6 Å². The van der Waals surface area contributed by atoms with Crippen LogP contribution < -0.4 is 10.6 Å². The van der Waals surface area contributed by atoms with Crippen LogP contribution in [0.3, 0.4) is 0 Å². The molecule has 1 atom stereocenters. The van der Waals surface area contributed by atoms with Gasteiger partial charge in [0.05, 0.1) is 11.1 Å². The minimum absolute atomic E-state index is 0.0450. The Bertz CT molecular complexity index is 1290. The fourth-order valence-corrected chi connectivity index (χ4v) is 4.32. The predicted molar refractivity (Wildman–Crippen MR) is 138 cm³/mol. The summed E-state index contributed by atoms with van der Waals surface area (Å²) in [6.07, 6.45) is -0.892. The topological polar surface area (TPSA) is 73.3 Å². The zero-order chi connectivity index (χ0) is 26.6. The number of aryl methyl sites for hydroxylation is 1. The molecule has 0 spiro atoms. The fourth-order valence-electron chi connectivity index (χ4n) is 4.32. The van der Waals surface area contributed by atoms with E-state index in [1.807, 2.05) is 20.0 Å². The summed E-state index contributed by atoms with van der Waals surface area (Å²) in [5, 5.41) is 16.6. The van der Waals surface area contributed by atoms with Gasteiger partial charge in [-0.05, 0) is 81.2 Å². The monoisotopic (exact) mass is 509 g/mol. The molecule has 194 valence electrons. The van der Waals surface area contributed by atoms with Gasteiger partial charge in [-0.2, -0.15) is 13.2 Å². The molecule has 3 N–H and O–H groups in total. The Morgan fingerprint density at radius 2 is 1.76 bits per heavy atom. The smallest absolute Gasteiger partial charge is 0.369 e. The number of anilines is 2. The van der Waals surface area contributed by atoms with Gasteiger partial charge in [0.2, 0.25) is 5.95 Å². The van der Waals surface area contributed by atoms with Crippen molar-refractivity contribution in [1.82, 2.24) is 14.9 Å². The number of piperidine rings is 1. The van der Waals surface area contributed by atoms with Crippen LogP contribution in [0.2, 0.25) is 0 Å². The van der Waals surface area contributed by atoms with E-state index in [2.05, 4.69) is 37.3 Å². The maximum Gasteiger partial charge on any atom is 0.416 e. The lowest BCUT2D eigenvalue weighted by Crippen LogP contribution is -2.29. The summed E-state index contributed by atoms with van der Waals surface area (Å²) in [7, 11) is 3.74. The van der Waals surface area contributed by atoms with Crippen LogP contribution in [0, 0.1) is 18.8 Å². The molecule has 1 unspecified atom stereocenters. The number of aliphatic hydroxyl groups excluding tert-OH is 1. The van der Waals surface area contributed by atoms with Gasteiger partial charge in [0.1, 0.15) is 0 Å². The van der Waals surface area contributed by atoms with Crippen LogP contribution in [-0.2, 0) is 6.18 Å². The van der Waals surface area contributed by atoms with E-state index in [0.29, 0.717) is 28.2 Å². The molecule has 1 aliphatic heterocycles. The Labute approximate surface area is 215 Å². The first-order chi connectivity index (χ1) is 17.6. The van der Waals surface area contributed by atoms with Crippen molar-refractivity contribution < 1.29 is 18.3 Å². The van der Waals surface area contributed by atoms with Gasteiger partial charge in [-0.15, -0.1) is 0 Å². The molecule has 4 rings (SSSR count). The minimum Gasteiger partial charge on any atom is -0.369 e. The number of likely N-dealkylation sites (tertiary alicyclic amines) is 1. The van der Waals surface area contributed by atoms with Gasteiger partial charge >= 0.3 is 6.18 Å². The molecule has 1 fully saturated rings. The van der Waals surface area contributed by atoms with Gasteiger partial charge < -0.3 is 20.6 Å². The molecule has 0 radical (unpaired) electrons. The van der Waals surface area contributed by atoms with Crippen LogP contribution in [-0.4, -0.2) is 47.2 Å². The SMILES string of the molecule is CNc1ncc(C#Cc2cc(C(O)Nc3cc(C4CCN(C)CC4)cc(C(F)(F)F)c3)ccc2C)cn1. The second-order valence-electron chi connectivity index (χ2n) is 9.34. The van der Waals surface area contributed by atoms with Crippen molar-refractivity contribution in [2.75, 3.05) is 37.8 Å². The van der Waals surface area contributed by atoms with E-state index in [0.717, 1.165) is 37.6 Å². The molecule has 0 saturated carbocycles. The van der Waals surface area contributed by atoms with Crippen molar-refractivity contribution in [2.24, 2.45) is 0 Å². The number of aromatic nitrogens is 2. The third kappa shape index (κ3) is 6.79. The highest BCUT2D eigenvalue weighted by molar-refractivity contribution is 5.53. The first-order valence-corrected chi connectivity index (χ1v) is 12.1. The van der Waals surface area contributed by atoms with Gasteiger partial charge in [-0.1, -0.05) is 24.0 Å². The Hall–Kier alpha value is -3.61. The highest BCUT2D eigenvalue weighted by Crippen LogP contribution is 2.37. The van der Waals surface area contributed by atoms with Crippen LogP contribution in [0.15, 0.2) is 48.8 Å². The summed E-state index contributed by atoms with van der Waals surface area (Å²) in [4.78, 5) is 10.4. The lowest BCUT2D eigenvalue weighted by atomic mass is 9.88. The molecule has 2 aromatic carbocycles. The fraction of sp³-hybridized carbons (Fsp3) is 0.357. The average Bonchev–Trinajstić information content (AvgIpc) is 2.88. The van der Waals surface area contributed by atoms with Crippen LogP contribution in [0.25, 0.3) is 0 Å². The predicted octanol–water partition coefficient (Wildman–Crippen LogP) is 5.16. The van der Waals surface area contributed by atoms with Gasteiger partial charge in [-0.3, -0.25) is 0 Å². The molecule has 0 bridgehead atoms. The molecule has 3 aromatic rings. The number of rotatable bonds is 5. The maximum absolute atomic E-state index is 13.7. The van der Waals surface area contributed by atoms with Gasteiger partial charge in [0.15, 0.2) is 6.23 Å². The van der Waals surface area contributed by atoms with Crippen molar-refractivity contribution in [2.45, 2.75) is 38.1 Å². The number of nitrogens with zero attached hydrogens (tertiary/aromatic N) is 3. The molecular weight excluding hydrogens is 479 g/mol. The second kappa shape index (κ2) is 11.2. The summed E-state index contributed by atoms with van der Waals surface area (Å²) in [6, 6.07) is 9.28. The second-order valence-corrected chi connectivity index (χ2v) is 9.34. The average molecular weight is 510 g/mol. The molecule has 0 amide bonds. The molecule has 1 aromatic heterocycles. The normalized spacial score (nSPS) is 15.5. The Morgan fingerprint density at radius 3 is 2.41 bits per heavy atom. The lowest BCUT2D eigenvalue weighted by molar-refractivity contribution is -0.137. The summed E-state index contributed by atoms with van der Waals surface area (Å²) < 4.78 is 41.0. The van der Waals surface area contributed by atoms with E-state index in [1.54, 1.807) is 37.6 Å². The number of hydrogen-bond acceptors (Lipinski definition) is 6. The largest absolute Gasteiger partial charge is 0.416 e. The van der Waals surface area contributed by atoms with Gasteiger partial charge in [-0.25, -0.2) is 9.97 Å². The first kappa shape index (κ1) is 26.5. The van der Waals surface area contributed by atoms with Crippen LogP contribution in [0.4, 0.5) is 24.8 Å². The Morgan fingerprint density at radius 1 is 1.05 bits per heavy atom. The van der Waals surface area contributed by atoms with Gasteiger partial charge in [0.25, 0.3) is 0 Å². The van der Waals surface area contributed by atoms with Crippen molar-refractivity contribution in [3.8, 4) is 11.8 Å². The zero-order valence-corrected chi connectivity index (χ0v) is 21.0. The third-order valence-electron chi connectivity index (χ3n) is 6.57. The van der Waals surface area contributed by atoms with Crippen LogP contribution in [0.5, 0.6) is 0 Å². The van der Waals surface area contributed by atoms with Crippen molar-refractivity contribution >= 4 is 11.6 Å². The number of benzene rings is 2. The zero-order valence-electron chi connectivity index (χ0n) is 21.0. The number of aliphatic hydroxyl groups is 1. The number of alkyl halides is 3. The molecule has 2 heterocycles. The summed E-state index contributed by atoms with van der Waals surface area (Å²) >= 11 is 0. The minimum atomic E-state index is -4.48. The number of hydrogen-bond donors (Lipinski definition) is 3. The van der Waals surface area contributed by atoms with Crippen molar-refractivity contribution in [3.63, 3.8) is 0 Å². The van der Waals surface area contributed by atoms with Gasteiger partial charge in [0, 0.05) is 36.3 Å². The number of nitrogens with one attached hydrogen (secondary N) is 2. The van der Waals surface area contributed by atoms with Crippen LogP contribution in [0.1, 0.15) is 58.4 Å². The maximum atomic E-state index is 13.7. The van der Waals surface area contributed by atoms with E-state index < -0.39 is 18.0 Å². The molecule has 37 heavy (non-hydrogen) atoms. The molecule has 9 heteroatoms. The summed E-state index contributed by atoms with van der Waals surface area (Å²) in [5.74, 6) is 6.61. The standard InChI is InChI=1S/C28H30F3N5O/c1-18-4-6-22(12-21(18)7-5-19-16-33-27(32-2)34-17-19)26(37)35-25-14-23(13-24(15-25)28(29,30)31)20-8-10-36(3)11-9-20/h4,6,12-17,20,26,35,37H,8-11H2,1-3H3,(H,32,33,34). The van der Waals surface area contributed by atoms with E-state index >= 15 is 0 Å². The number of halogens is 3. The van der Waals surface area contributed by atoms with E-state index in [9.17, 15) is 18.3 Å². The van der Waals surface area contributed by atoms with E-state index in [4.69, 9.17) is 0 Å². The first-order valence-electron chi connectivity index (χ1n) is 12.1. The Kier molecular flexibility index (Phi) is 8.00. The van der Waals surface area contributed by atoms with Crippen molar-refractivity contribution in [3.05, 3.63) is 82.2 Å². The molecule has 6 nitrogen and oxygen atoms in total. The quantitative estimate of drug-likeness (QED) is 0.326. The third-order valence-corrected chi connectivity index (χ3v) is 6.57. The van der Waals surface area contributed by atoms with Crippen LogP contribution >= 0.6 is 0 Å². The Balaban J connectivity index is 1.57. The van der Waals surface area contributed by atoms with Crippen molar-refractivity contribution in [1.29, 1.82) is 0 Å². The molecular formula is C28H30F3N5O. The molecule has 1 saturated heterocycles. The highest BCUT2D eigenvalue weighted by Gasteiger charge is 2.32. The molecule has 0 aliphatic carbocycles. The molecule has 1 aliphatic rings.